The zero-order valence-electron chi connectivity index (χ0n) is 8.95. The maximum atomic E-state index is 11.2. The number of amidine groups is 1. The van der Waals surface area contributed by atoms with Crippen molar-refractivity contribution < 1.29 is 10.0 Å². The summed E-state index contributed by atoms with van der Waals surface area (Å²) < 4.78 is 0. The highest BCUT2D eigenvalue weighted by Crippen LogP contribution is 2.03. The van der Waals surface area contributed by atoms with Crippen molar-refractivity contribution in [3.05, 3.63) is 0 Å². The van der Waals surface area contributed by atoms with Crippen LogP contribution in [0.25, 0.3) is 0 Å². The lowest BCUT2D eigenvalue weighted by Crippen LogP contribution is -2.35. The lowest BCUT2D eigenvalue weighted by molar-refractivity contribution is -0.120. The van der Waals surface area contributed by atoms with Gasteiger partial charge in [-0.3, -0.25) is 4.79 Å². The highest BCUT2D eigenvalue weighted by Gasteiger charge is 2.10. The number of nitrogens with one attached hydrogen (secondary N) is 1. The van der Waals surface area contributed by atoms with E-state index in [4.69, 9.17) is 10.9 Å². The Morgan fingerprint density at radius 1 is 1.50 bits per heavy atom. The normalized spacial score (nSPS) is 14.1. The van der Waals surface area contributed by atoms with E-state index in [-0.39, 0.29) is 24.2 Å². The van der Waals surface area contributed by atoms with Gasteiger partial charge in [-0.2, -0.15) is 0 Å². The Morgan fingerprint density at radius 2 is 2.07 bits per heavy atom. The van der Waals surface area contributed by atoms with Crippen molar-refractivity contribution >= 4 is 11.7 Å². The van der Waals surface area contributed by atoms with E-state index < -0.39 is 0 Å². The molecule has 0 aromatic carbocycles. The molecule has 1 unspecified atom stereocenters. The molecule has 4 N–H and O–H groups in total. The molecule has 0 aromatic heterocycles. The van der Waals surface area contributed by atoms with E-state index in [1.165, 1.54) is 0 Å². The molecule has 0 aliphatic rings. The molecule has 1 amide bonds. The van der Waals surface area contributed by atoms with Crippen LogP contribution in [0.2, 0.25) is 0 Å². The predicted octanol–water partition coefficient (Wildman–Crippen LogP) is 0.674. The Labute approximate surface area is 84.4 Å². The molecule has 5 nitrogen and oxygen atoms in total. The van der Waals surface area contributed by atoms with Crippen LogP contribution in [0.15, 0.2) is 5.16 Å². The average Bonchev–Trinajstić information content (AvgIpc) is 2.01. The Kier molecular flexibility index (Phi) is 5.67. The molecule has 0 aliphatic heterocycles. The van der Waals surface area contributed by atoms with E-state index in [0.29, 0.717) is 5.92 Å². The molecule has 1 atom stereocenters. The van der Waals surface area contributed by atoms with Gasteiger partial charge in [0.2, 0.25) is 5.91 Å². The first-order valence-corrected chi connectivity index (χ1v) is 4.71. The molecule has 0 fully saturated rings. The van der Waals surface area contributed by atoms with Crippen LogP contribution in [0.4, 0.5) is 0 Å². The van der Waals surface area contributed by atoms with E-state index in [0.717, 1.165) is 6.42 Å². The molecule has 0 spiro atoms. The third-order valence-corrected chi connectivity index (χ3v) is 1.70. The summed E-state index contributed by atoms with van der Waals surface area (Å²) in [5.74, 6) is 0.252. The van der Waals surface area contributed by atoms with Gasteiger partial charge in [-0.25, -0.2) is 0 Å². The molecule has 0 saturated carbocycles. The maximum Gasteiger partial charge on any atom is 0.227 e. The highest BCUT2D eigenvalue weighted by atomic mass is 16.4. The lowest BCUT2D eigenvalue weighted by Gasteiger charge is -2.15. The quantitative estimate of drug-likeness (QED) is 0.264. The predicted molar refractivity (Wildman–Crippen MR) is 55.1 cm³/mol. The second-order valence-corrected chi connectivity index (χ2v) is 3.87. The van der Waals surface area contributed by atoms with Crippen molar-refractivity contribution in [3.8, 4) is 0 Å². The van der Waals surface area contributed by atoms with Crippen LogP contribution in [0.3, 0.4) is 0 Å². The van der Waals surface area contributed by atoms with E-state index >= 15 is 0 Å². The number of carbonyl (C=O) groups is 1. The third-order valence-electron chi connectivity index (χ3n) is 1.70. The Bertz CT molecular complexity index is 214. The van der Waals surface area contributed by atoms with Crippen molar-refractivity contribution in [3.63, 3.8) is 0 Å². The molecule has 5 heteroatoms. The van der Waals surface area contributed by atoms with Gasteiger partial charge in [-0.15, -0.1) is 0 Å². The molecule has 0 heterocycles. The number of oxime groups is 1. The third kappa shape index (κ3) is 6.28. The van der Waals surface area contributed by atoms with Crippen molar-refractivity contribution in [1.29, 1.82) is 0 Å². The van der Waals surface area contributed by atoms with Gasteiger partial charge in [0.15, 0.2) is 0 Å². The van der Waals surface area contributed by atoms with Crippen LogP contribution < -0.4 is 11.1 Å². The number of carbonyl (C=O) groups excluding carboxylic acids is 1. The number of nitrogens with two attached hydrogens (primary N) is 1. The fourth-order valence-corrected chi connectivity index (χ4v) is 1.29. The van der Waals surface area contributed by atoms with Crippen molar-refractivity contribution in [2.24, 2.45) is 16.8 Å². The minimum Gasteiger partial charge on any atom is -0.409 e. The van der Waals surface area contributed by atoms with Crippen molar-refractivity contribution in [2.45, 2.75) is 39.7 Å². The summed E-state index contributed by atoms with van der Waals surface area (Å²) >= 11 is 0. The topological polar surface area (TPSA) is 87.7 Å². The van der Waals surface area contributed by atoms with Gasteiger partial charge in [0, 0.05) is 6.04 Å². The zero-order valence-corrected chi connectivity index (χ0v) is 8.95. The van der Waals surface area contributed by atoms with Gasteiger partial charge in [-0.05, 0) is 19.3 Å². The van der Waals surface area contributed by atoms with Gasteiger partial charge >= 0.3 is 0 Å². The van der Waals surface area contributed by atoms with E-state index in [2.05, 4.69) is 24.3 Å². The summed E-state index contributed by atoms with van der Waals surface area (Å²) in [5.41, 5.74) is 5.19. The largest absolute Gasteiger partial charge is 0.409 e. The van der Waals surface area contributed by atoms with Gasteiger partial charge in [0.25, 0.3) is 0 Å². The summed E-state index contributed by atoms with van der Waals surface area (Å²) in [6.07, 6.45) is 0.862. The number of hydrogen-bond acceptors (Lipinski definition) is 3. The maximum absolute atomic E-state index is 11.2. The van der Waals surface area contributed by atoms with Crippen LogP contribution in [0.1, 0.15) is 33.6 Å². The van der Waals surface area contributed by atoms with Crippen molar-refractivity contribution in [1.82, 2.24) is 5.32 Å². The zero-order chi connectivity index (χ0) is 11.1. The molecule has 82 valence electrons. The van der Waals surface area contributed by atoms with Crippen LogP contribution in [0, 0.1) is 5.92 Å². The summed E-state index contributed by atoms with van der Waals surface area (Å²) in [6, 6.07) is 0.119. The summed E-state index contributed by atoms with van der Waals surface area (Å²) in [7, 11) is 0. The average molecular weight is 201 g/mol. The second-order valence-electron chi connectivity index (χ2n) is 3.87. The molecular weight excluding hydrogens is 182 g/mol. The molecule has 0 saturated heterocycles. The van der Waals surface area contributed by atoms with E-state index in [9.17, 15) is 4.79 Å². The van der Waals surface area contributed by atoms with E-state index in [1.54, 1.807) is 0 Å². The van der Waals surface area contributed by atoms with Gasteiger partial charge in [0.05, 0.1) is 6.42 Å². The molecule has 0 aromatic rings. The minimum atomic E-state index is -0.214. The lowest BCUT2D eigenvalue weighted by atomic mass is 10.1. The first-order valence-electron chi connectivity index (χ1n) is 4.71. The standard InChI is InChI=1S/C9H19N3O2/c1-6(2)4-7(3)11-9(13)5-8(10)12-14/h6-7,14H,4-5H2,1-3H3,(H2,10,12)(H,11,13). The monoisotopic (exact) mass is 201 g/mol. The molecule has 14 heavy (non-hydrogen) atoms. The SMILES string of the molecule is CC(C)CC(C)NC(=O)C/C(N)=N/O. The Morgan fingerprint density at radius 3 is 2.50 bits per heavy atom. The van der Waals surface area contributed by atoms with Crippen LogP contribution in [0.5, 0.6) is 0 Å². The first kappa shape index (κ1) is 12.7. The first-order chi connectivity index (χ1) is 6.45. The molecule has 0 radical (unpaired) electrons. The second kappa shape index (κ2) is 6.23. The fraction of sp³-hybridized carbons (Fsp3) is 0.778. The van der Waals surface area contributed by atoms with E-state index in [1.807, 2.05) is 6.92 Å². The smallest absolute Gasteiger partial charge is 0.227 e. The van der Waals surface area contributed by atoms with Crippen LogP contribution in [-0.4, -0.2) is 23.0 Å². The number of hydrogen-bond donors (Lipinski definition) is 3. The van der Waals surface area contributed by atoms with Gasteiger partial charge in [0.1, 0.15) is 5.84 Å². The van der Waals surface area contributed by atoms with Gasteiger partial charge in [-0.1, -0.05) is 19.0 Å². The molecule has 0 bridgehead atoms. The fourth-order valence-electron chi connectivity index (χ4n) is 1.29. The summed E-state index contributed by atoms with van der Waals surface area (Å²) in [4.78, 5) is 11.2. The van der Waals surface area contributed by atoms with Crippen LogP contribution in [-0.2, 0) is 4.79 Å². The van der Waals surface area contributed by atoms with Gasteiger partial charge < -0.3 is 16.3 Å². The summed E-state index contributed by atoms with van der Waals surface area (Å²) in [6.45, 7) is 6.11. The van der Waals surface area contributed by atoms with Crippen LogP contribution >= 0.6 is 0 Å². The van der Waals surface area contributed by atoms with Crippen molar-refractivity contribution in [2.75, 3.05) is 0 Å². The Hall–Kier alpha value is -1.26. The molecular formula is C9H19N3O2. The molecule has 0 aliphatic carbocycles. The highest BCUT2D eigenvalue weighted by molar-refractivity contribution is 5.98. The molecule has 0 rings (SSSR count). The Balaban J connectivity index is 3.82. The number of rotatable bonds is 5. The number of amides is 1. The summed E-state index contributed by atoms with van der Waals surface area (Å²) in [5, 5.41) is 13.7. The minimum absolute atomic E-state index is 0.0566. The number of nitrogens with zero attached hydrogens (tertiary/aromatic N) is 1.